The van der Waals surface area contributed by atoms with E-state index in [-0.39, 0.29) is 0 Å². The second-order valence-corrected chi connectivity index (χ2v) is 5.19. The number of hydrogen-bond acceptors (Lipinski definition) is 7. The second-order valence-electron chi connectivity index (χ2n) is 4.18. The highest BCUT2D eigenvalue weighted by molar-refractivity contribution is 7.17. The predicted molar refractivity (Wildman–Crippen MR) is 78.8 cm³/mol. The summed E-state index contributed by atoms with van der Waals surface area (Å²) >= 11 is 1.39. The van der Waals surface area contributed by atoms with Crippen LogP contribution in [0.4, 0.5) is 5.13 Å². The van der Waals surface area contributed by atoms with E-state index in [1.165, 1.54) is 11.3 Å². The highest BCUT2D eigenvalue weighted by Gasteiger charge is 2.15. The number of anilines is 1. The Morgan fingerprint density at radius 1 is 1.15 bits per heavy atom. The van der Waals surface area contributed by atoms with Crippen molar-refractivity contribution in [1.82, 2.24) is 4.98 Å². The summed E-state index contributed by atoms with van der Waals surface area (Å²) < 4.78 is 15.3. The lowest BCUT2D eigenvalue weighted by atomic mass is 10.4. The molecule has 7 heteroatoms. The zero-order chi connectivity index (χ0) is 14.8. The van der Waals surface area contributed by atoms with Gasteiger partial charge >= 0.3 is 0 Å². The van der Waals surface area contributed by atoms with Crippen molar-refractivity contribution in [3.63, 3.8) is 0 Å². The van der Waals surface area contributed by atoms with Gasteiger partial charge in [0.1, 0.15) is 0 Å². The molecule has 1 heterocycles. The number of methoxy groups -OCH3 is 3. The lowest BCUT2D eigenvalue weighted by Crippen LogP contribution is -2.29. The van der Waals surface area contributed by atoms with Crippen LogP contribution in [0, 0.1) is 0 Å². The molecule has 0 radical (unpaired) electrons. The zero-order valence-electron chi connectivity index (χ0n) is 12.3. The van der Waals surface area contributed by atoms with Gasteiger partial charge in [-0.15, -0.1) is 0 Å². The van der Waals surface area contributed by atoms with Gasteiger partial charge in [-0.1, -0.05) is 11.3 Å². The molecule has 0 aromatic carbocycles. The van der Waals surface area contributed by atoms with E-state index in [1.54, 1.807) is 21.3 Å². The maximum Gasteiger partial charge on any atom is 0.186 e. The third-order valence-corrected chi connectivity index (χ3v) is 3.80. The summed E-state index contributed by atoms with van der Waals surface area (Å²) in [5.41, 5.74) is 0.691. The smallest absolute Gasteiger partial charge is 0.186 e. The molecule has 0 N–H and O–H groups in total. The maximum absolute atomic E-state index is 11.1. The Kier molecular flexibility index (Phi) is 8.36. The number of carbonyl (C=O) groups excluding carboxylic acids is 1. The quantitative estimate of drug-likeness (QED) is 0.457. The number of hydrogen-bond donors (Lipinski definition) is 0. The number of rotatable bonds is 11. The van der Waals surface area contributed by atoms with Crippen molar-refractivity contribution in [3.8, 4) is 0 Å². The van der Waals surface area contributed by atoms with Crippen LogP contribution in [0.3, 0.4) is 0 Å². The van der Waals surface area contributed by atoms with Crippen molar-refractivity contribution >= 4 is 22.8 Å². The fourth-order valence-electron chi connectivity index (χ4n) is 1.72. The molecular weight excluding hydrogens is 280 g/mol. The van der Waals surface area contributed by atoms with Crippen LogP contribution in [0.5, 0.6) is 0 Å². The van der Waals surface area contributed by atoms with Crippen molar-refractivity contribution in [1.29, 1.82) is 0 Å². The Morgan fingerprint density at radius 3 is 2.50 bits per heavy atom. The molecule has 0 aliphatic rings. The Morgan fingerprint density at radius 2 is 1.90 bits per heavy atom. The molecule has 0 spiro atoms. The summed E-state index contributed by atoms with van der Waals surface area (Å²) in [5, 5.41) is 0.826. The van der Waals surface area contributed by atoms with Crippen molar-refractivity contribution in [3.05, 3.63) is 10.6 Å². The van der Waals surface area contributed by atoms with Gasteiger partial charge in [0.15, 0.2) is 11.4 Å². The largest absolute Gasteiger partial charge is 0.385 e. The molecule has 1 rings (SSSR count). The van der Waals surface area contributed by atoms with Crippen molar-refractivity contribution in [2.24, 2.45) is 0 Å². The van der Waals surface area contributed by atoms with Gasteiger partial charge in [-0.3, -0.25) is 4.79 Å². The normalized spacial score (nSPS) is 10.8. The molecule has 114 valence electrons. The predicted octanol–water partition coefficient (Wildman–Crippen LogP) is 1.59. The molecule has 20 heavy (non-hydrogen) atoms. The first-order valence-corrected chi connectivity index (χ1v) is 7.25. The van der Waals surface area contributed by atoms with Crippen molar-refractivity contribution in [2.75, 3.05) is 52.5 Å². The fraction of sp³-hybridized carbons (Fsp3) is 0.692. The first-order chi connectivity index (χ1) is 9.76. The van der Waals surface area contributed by atoms with Crippen LogP contribution in [-0.4, -0.2) is 58.9 Å². The van der Waals surface area contributed by atoms with Crippen LogP contribution in [0.25, 0.3) is 0 Å². The molecule has 0 saturated carbocycles. The highest BCUT2D eigenvalue weighted by Crippen LogP contribution is 2.25. The average Bonchev–Trinajstić information content (AvgIpc) is 2.86. The van der Waals surface area contributed by atoms with E-state index < -0.39 is 0 Å². The van der Waals surface area contributed by atoms with Gasteiger partial charge in [0, 0.05) is 41.0 Å². The molecule has 1 aromatic rings. The SMILES string of the molecule is COCCCN(CCOC)c1nc(COC)c(C=O)s1. The molecule has 0 saturated heterocycles. The summed E-state index contributed by atoms with van der Waals surface area (Å²) in [5.74, 6) is 0. The molecule has 0 atom stereocenters. The Balaban J connectivity index is 2.79. The van der Waals surface area contributed by atoms with Gasteiger partial charge in [-0.2, -0.15) is 0 Å². The zero-order valence-corrected chi connectivity index (χ0v) is 13.1. The number of carbonyl (C=O) groups is 1. The molecule has 0 fully saturated rings. The average molecular weight is 302 g/mol. The third kappa shape index (κ3) is 5.16. The lowest BCUT2D eigenvalue weighted by molar-refractivity contribution is 0.112. The number of aldehydes is 1. The number of nitrogens with zero attached hydrogens (tertiary/aromatic N) is 2. The van der Waals surface area contributed by atoms with E-state index in [0.717, 1.165) is 30.9 Å². The van der Waals surface area contributed by atoms with Crippen LogP contribution < -0.4 is 4.90 Å². The summed E-state index contributed by atoms with van der Waals surface area (Å²) in [6.45, 7) is 3.21. The molecule has 0 bridgehead atoms. The van der Waals surface area contributed by atoms with Gasteiger partial charge in [-0.05, 0) is 6.42 Å². The fourth-order valence-corrected chi connectivity index (χ4v) is 2.66. The third-order valence-electron chi connectivity index (χ3n) is 2.72. The summed E-state index contributed by atoms with van der Waals surface area (Å²) in [7, 11) is 4.95. The summed E-state index contributed by atoms with van der Waals surface area (Å²) in [4.78, 5) is 18.3. The highest BCUT2D eigenvalue weighted by atomic mass is 32.1. The molecule has 1 aromatic heterocycles. The number of thiazole rings is 1. The minimum absolute atomic E-state index is 0.348. The molecular formula is C13H22N2O4S. The lowest BCUT2D eigenvalue weighted by Gasteiger charge is -2.21. The minimum Gasteiger partial charge on any atom is -0.385 e. The van der Waals surface area contributed by atoms with Crippen LogP contribution in [0.2, 0.25) is 0 Å². The van der Waals surface area contributed by atoms with Crippen LogP contribution in [-0.2, 0) is 20.8 Å². The molecule has 6 nitrogen and oxygen atoms in total. The van der Waals surface area contributed by atoms with Gasteiger partial charge in [0.25, 0.3) is 0 Å². The first kappa shape index (κ1) is 17.0. The first-order valence-electron chi connectivity index (χ1n) is 6.43. The van der Waals surface area contributed by atoms with Crippen molar-refractivity contribution in [2.45, 2.75) is 13.0 Å². The maximum atomic E-state index is 11.1. The Labute approximate surface area is 123 Å². The van der Waals surface area contributed by atoms with Gasteiger partial charge < -0.3 is 19.1 Å². The number of ether oxygens (including phenoxy) is 3. The monoisotopic (exact) mass is 302 g/mol. The van der Waals surface area contributed by atoms with E-state index in [2.05, 4.69) is 9.88 Å². The Bertz CT molecular complexity index is 398. The van der Waals surface area contributed by atoms with Crippen LogP contribution in [0.1, 0.15) is 21.8 Å². The summed E-state index contributed by atoms with van der Waals surface area (Å²) in [6, 6.07) is 0. The number of aromatic nitrogens is 1. The van der Waals surface area contributed by atoms with E-state index >= 15 is 0 Å². The Hall–Kier alpha value is -1.02. The van der Waals surface area contributed by atoms with E-state index in [9.17, 15) is 4.79 Å². The standard InChI is InChI=1S/C13H22N2O4S/c1-17-7-4-5-15(6-8-18-2)13-14-11(10-19-3)12(9-16)20-13/h9H,4-8,10H2,1-3H3. The van der Waals surface area contributed by atoms with Crippen LogP contribution in [0.15, 0.2) is 0 Å². The molecule has 0 aliphatic heterocycles. The topological polar surface area (TPSA) is 60.9 Å². The van der Waals surface area contributed by atoms with E-state index in [1.807, 2.05) is 0 Å². The molecule has 0 amide bonds. The van der Waals surface area contributed by atoms with Crippen LogP contribution >= 0.6 is 11.3 Å². The van der Waals surface area contributed by atoms with Crippen molar-refractivity contribution < 1.29 is 19.0 Å². The molecule has 0 unspecified atom stereocenters. The van der Waals surface area contributed by atoms with E-state index in [0.29, 0.717) is 30.4 Å². The minimum atomic E-state index is 0.348. The summed E-state index contributed by atoms with van der Waals surface area (Å²) in [6.07, 6.45) is 1.73. The van der Waals surface area contributed by atoms with Gasteiger partial charge in [0.05, 0.1) is 23.8 Å². The molecule has 0 aliphatic carbocycles. The van der Waals surface area contributed by atoms with Gasteiger partial charge in [0.2, 0.25) is 0 Å². The van der Waals surface area contributed by atoms with Gasteiger partial charge in [-0.25, -0.2) is 4.98 Å². The van der Waals surface area contributed by atoms with E-state index in [4.69, 9.17) is 14.2 Å². The second kappa shape index (κ2) is 9.82.